The lowest BCUT2D eigenvalue weighted by molar-refractivity contribution is -0.0732. The molecule has 0 amide bonds. The Kier molecular flexibility index (Phi) is 5.12. The molecule has 1 aliphatic heterocycles. The zero-order chi connectivity index (χ0) is 15.5. The number of rotatable bonds is 6. The fourth-order valence-corrected chi connectivity index (χ4v) is 2.82. The monoisotopic (exact) mass is 293 g/mol. The van der Waals surface area contributed by atoms with Gasteiger partial charge in [-0.2, -0.15) is 0 Å². The van der Waals surface area contributed by atoms with Gasteiger partial charge in [0.1, 0.15) is 17.1 Å². The standard InChI is InChI=1S/C17H27NO3/c1-6-9-18-15-11-17(3,12(2)19-4)21-16-10-13(20-5)7-8-14(15)16/h7-8,10,12,15,18H,6,9,11H2,1-5H3. The van der Waals surface area contributed by atoms with Crippen molar-refractivity contribution in [2.75, 3.05) is 20.8 Å². The van der Waals surface area contributed by atoms with Crippen LogP contribution in [0.1, 0.15) is 45.2 Å². The van der Waals surface area contributed by atoms with E-state index in [4.69, 9.17) is 14.2 Å². The summed E-state index contributed by atoms with van der Waals surface area (Å²) in [6.45, 7) is 7.35. The number of ether oxygens (including phenoxy) is 3. The van der Waals surface area contributed by atoms with Gasteiger partial charge in [0.2, 0.25) is 0 Å². The second kappa shape index (κ2) is 6.67. The Balaban J connectivity index is 2.35. The third-order valence-electron chi connectivity index (χ3n) is 4.40. The van der Waals surface area contributed by atoms with Crippen molar-refractivity contribution < 1.29 is 14.2 Å². The van der Waals surface area contributed by atoms with Crippen LogP contribution in [0.15, 0.2) is 18.2 Å². The van der Waals surface area contributed by atoms with Crippen LogP contribution in [0.25, 0.3) is 0 Å². The molecule has 1 aromatic carbocycles. The highest BCUT2D eigenvalue weighted by Gasteiger charge is 2.41. The van der Waals surface area contributed by atoms with Gasteiger partial charge in [0.05, 0.1) is 13.2 Å². The Bertz CT molecular complexity index is 477. The van der Waals surface area contributed by atoms with Crippen molar-refractivity contribution in [3.63, 3.8) is 0 Å². The third kappa shape index (κ3) is 3.33. The predicted molar refractivity (Wildman–Crippen MR) is 84.1 cm³/mol. The summed E-state index contributed by atoms with van der Waals surface area (Å²) in [7, 11) is 3.41. The predicted octanol–water partition coefficient (Wildman–Crippen LogP) is 3.31. The van der Waals surface area contributed by atoms with E-state index in [2.05, 4.69) is 32.2 Å². The maximum Gasteiger partial charge on any atom is 0.134 e. The average molecular weight is 293 g/mol. The topological polar surface area (TPSA) is 39.7 Å². The molecule has 118 valence electrons. The SMILES string of the molecule is CCCNC1CC(C)(C(C)OC)Oc2cc(OC)ccc21. The number of hydrogen-bond acceptors (Lipinski definition) is 4. The zero-order valence-electron chi connectivity index (χ0n) is 13.7. The molecule has 0 radical (unpaired) electrons. The van der Waals surface area contributed by atoms with E-state index in [1.54, 1.807) is 14.2 Å². The van der Waals surface area contributed by atoms with E-state index in [-0.39, 0.29) is 17.7 Å². The summed E-state index contributed by atoms with van der Waals surface area (Å²) >= 11 is 0. The molecule has 0 saturated heterocycles. The van der Waals surface area contributed by atoms with Crippen LogP contribution in [-0.4, -0.2) is 32.5 Å². The van der Waals surface area contributed by atoms with Gasteiger partial charge >= 0.3 is 0 Å². The molecule has 1 heterocycles. The molecular formula is C17H27NO3. The van der Waals surface area contributed by atoms with Gasteiger partial charge in [-0.25, -0.2) is 0 Å². The quantitative estimate of drug-likeness (QED) is 0.873. The molecule has 1 N–H and O–H groups in total. The van der Waals surface area contributed by atoms with Gasteiger partial charge in [-0.15, -0.1) is 0 Å². The second-order valence-electron chi connectivity index (χ2n) is 5.91. The van der Waals surface area contributed by atoms with Gasteiger partial charge in [0.25, 0.3) is 0 Å². The smallest absolute Gasteiger partial charge is 0.134 e. The highest BCUT2D eigenvalue weighted by Crippen LogP contribution is 2.43. The van der Waals surface area contributed by atoms with Crippen molar-refractivity contribution in [1.82, 2.24) is 5.32 Å². The maximum atomic E-state index is 6.28. The van der Waals surface area contributed by atoms with E-state index in [0.717, 1.165) is 30.9 Å². The van der Waals surface area contributed by atoms with Gasteiger partial charge < -0.3 is 19.5 Å². The van der Waals surface area contributed by atoms with Crippen molar-refractivity contribution in [3.8, 4) is 11.5 Å². The fraction of sp³-hybridized carbons (Fsp3) is 0.647. The zero-order valence-corrected chi connectivity index (χ0v) is 13.7. The van der Waals surface area contributed by atoms with Gasteiger partial charge in [-0.05, 0) is 32.9 Å². The van der Waals surface area contributed by atoms with E-state index in [9.17, 15) is 0 Å². The van der Waals surface area contributed by atoms with Crippen LogP contribution in [0.5, 0.6) is 11.5 Å². The summed E-state index contributed by atoms with van der Waals surface area (Å²) in [4.78, 5) is 0. The highest BCUT2D eigenvalue weighted by molar-refractivity contribution is 5.44. The normalized spacial score (nSPS) is 25.9. The van der Waals surface area contributed by atoms with Crippen LogP contribution in [0.2, 0.25) is 0 Å². The Morgan fingerprint density at radius 3 is 2.81 bits per heavy atom. The summed E-state index contributed by atoms with van der Waals surface area (Å²) in [5, 5.41) is 3.62. The third-order valence-corrected chi connectivity index (χ3v) is 4.40. The molecule has 0 aliphatic carbocycles. The Morgan fingerprint density at radius 1 is 1.43 bits per heavy atom. The largest absolute Gasteiger partial charge is 0.497 e. The molecular weight excluding hydrogens is 266 g/mol. The van der Waals surface area contributed by atoms with Crippen LogP contribution in [-0.2, 0) is 4.74 Å². The van der Waals surface area contributed by atoms with Crippen LogP contribution in [0.3, 0.4) is 0 Å². The summed E-state index contributed by atoms with van der Waals surface area (Å²) in [5.74, 6) is 1.71. The minimum absolute atomic E-state index is 0.0165. The van der Waals surface area contributed by atoms with E-state index < -0.39 is 0 Å². The lowest BCUT2D eigenvalue weighted by Gasteiger charge is -2.43. The number of benzene rings is 1. The minimum atomic E-state index is -0.348. The van der Waals surface area contributed by atoms with Gasteiger partial charge in [-0.1, -0.05) is 13.0 Å². The fourth-order valence-electron chi connectivity index (χ4n) is 2.82. The lowest BCUT2D eigenvalue weighted by atomic mass is 9.85. The summed E-state index contributed by atoms with van der Waals surface area (Å²) in [6, 6.07) is 6.33. The number of hydrogen-bond donors (Lipinski definition) is 1. The van der Waals surface area contributed by atoms with Crippen LogP contribution in [0.4, 0.5) is 0 Å². The first-order valence-electron chi connectivity index (χ1n) is 7.67. The summed E-state index contributed by atoms with van der Waals surface area (Å²) in [6.07, 6.45) is 2.02. The van der Waals surface area contributed by atoms with Crippen molar-refractivity contribution in [3.05, 3.63) is 23.8 Å². The molecule has 3 unspecified atom stereocenters. The molecule has 0 aromatic heterocycles. The molecule has 0 spiro atoms. The Hall–Kier alpha value is -1.26. The van der Waals surface area contributed by atoms with Crippen molar-refractivity contribution in [2.24, 2.45) is 0 Å². The number of methoxy groups -OCH3 is 2. The van der Waals surface area contributed by atoms with Crippen molar-refractivity contribution in [1.29, 1.82) is 0 Å². The number of nitrogens with one attached hydrogen (secondary N) is 1. The first-order chi connectivity index (χ1) is 10.0. The second-order valence-corrected chi connectivity index (χ2v) is 5.91. The van der Waals surface area contributed by atoms with Gasteiger partial charge in [-0.3, -0.25) is 0 Å². The molecule has 2 rings (SSSR count). The Morgan fingerprint density at radius 2 is 2.19 bits per heavy atom. The highest BCUT2D eigenvalue weighted by atomic mass is 16.5. The molecule has 0 saturated carbocycles. The van der Waals surface area contributed by atoms with Gasteiger partial charge in [0.15, 0.2) is 0 Å². The van der Waals surface area contributed by atoms with E-state index >= 15 is 0 Å². The van der Waals surface area contributed by atoms with Gasteiger partial charge in [0, 0.05) is 31.2 Å². The van der Waals surface area contributed by atoms with Crippen molar-refractivity contribution in [2.45, 2.75) is 51.4 Å². The molecule has 1 aliphatic rings. The molecule has 0 fully saturated rings. The van der Waals surface area contributed by atoms with E-state index in [1.165, 1.54) is 5.56 Å². The van der Waals surface area contributed by atoms with Crippen LogP contribution >= 0.6 is 0 Å². The van der Waals surface area contributed by atoms with E-state index in [0.29, 0.717) is 0 Å². The number of fused-ring (bicyclic) bond motifs is 1. The van der Waals surface area contributed by atoms with E-state index in [1.807, 2.05) is 12.1 Å². The minimum Gasteiger partial charge on any atom is -0.497 e. The summed E-state index contributed by atoms with van der Waals surface area (Å²) in [5.41, 5.74) is 0.851. The maximum absolute atomic E-state index is 6.28. The molecule has 4 heteroatoms. The molecule has 21 heavy (non-hydrogen) atoms. The first kappa shape index (κ1) is 16.1. The Labute approximate surface area is 127 Å². The molecule has 0 bridgehead atoms. The van der Waals surface area contributed by atoms with Crippen molar-refractivity contribution >= 4 is 0 Å². The average Bonchev–Trinajstić information content (AvgIpc) is 2.50. The summed E-state index contributed by atoms with van der Waals surface area (Å²) < 4.78 is 17.1. The first-order valence-corrected chi connectivity index (χ1v) is 7.67. The lowest BCUT2D eigenvalue weighted by Crippen LogP contribution is -2.50. The molecule has 3 atom stereocenters. The van der Waals surface area contributed by atoms with Crippen LogP contribution in [0, 0.1) is 0 Å². The molecule has 4 nitrogen and oxygen atoms in total. The molecule has 1 aromatic rings. The van der Waals surface area contributed by atoms with Crippen LogP contribution < -0.4 is 14.8 Å².